The van der Waals surface area contributed by atoms with Crippen LogP contribution in [0.3, 0.4) is 0 Å². The van der Waals surface area contributed by atoms with Gasteiger partial charge in [-0.25, -0.2) is 0 Å². The van der Waals surface area contributed by atoms with Crippen LogP contribution in [0.4, 0.5) is 0 Å². The molecule has 0 fully saturated rings. The second kappa shape index (κ2) is 12.4. The van der Waals surface area contributed by atoms with Crippen LogP contribution in [0.1, 0.15) is 82.1 Å². The lowest BCUT2D eigenvalue weighted by molar-refractivity contribution is -0.141. The van der Waals surface area contributed by atoms with Crippen molar-refractivity contribution < 1.29 is 9.59 Å². The molecule has 0 saturated carbocycles. The van der Waals surface area contributed by atoms with E-state index in [0.29, 0.717) is 31.7 Å². The molecule has 32 heavy (non-hydrogen) atoms. The lowest BCUT2D eigenvalue weighted by Crippen LogP contribution is -2.50. The van der Waals surface area contributed by atoms with Crippen molar-refractivity contribution in [2.75, 3.05) is 0 Å². The molecule has 0 aliphatic heterocycles. The van der Waals surface area contributed by atoms with E-state index < -0.39 is 6.04 Å². The van der Waals surface area contributed by atoms with E-state index in [1.807, 2.05) is 39.8 Å². The largest absolute Gasteiger partial charge is 0.352 e. The maximum absolute atomic E-state index is 13.4. The Morgan fingerprint density at radius 3 is 2.00 bits per heavy atom. The van der Waals surface area contributed by atoms with E-state index >= 15 is 0 Å². The molecule has 2 atom stereocenters. The number of amides is 2. The van der Waals surface area contributed by atoms with Gasteiger partial charge >= 0.3 is 0 Å². The first kappa shape index (κ1) is 25.6. The average Bonchev–Trinajstić information content (AvgIpc) is 2.78. The van der Waals surface area contributed by atoms with Crippen LogP contribution >= 0.6 is 0 Å². The lowest BCUT2D eigenvalue weighted by Gasteiger charge is -2.31. The van der Waals surface area contributed by atoms with Crippen molar-refractivity contribution in [2.45, 2.75) is 91.8 Å². The summed E-state index contributed by atoms with van der Waals surface area (Å²) in [5.74, 6) is 0.443. The summed E-state index contributed by atoms with van der Waals surface area (Å²) >= 11 is 0. The van der Waals surface area contributed by atoms with Gasteiger partial charge in [0.05, 0.1) is 0 Å². The van der Waals surface area contributed by atoms with E-state index in [4.69, 9.17) is 0 Å². The average molecular weight is 437 g/mol. The molecule has 1 N–H and O–H groups in total. The van der Waals surface area contributed by atoms with Crippen LogP contribution in [0.15, 0.2) is 48.5 Å². The molecule has 0 aromatic heterocycles. The zero-order valence-electron chi connectivity index (χ0n) is 20.7. The van der Waals surface area contributed by atoms with Gasteiger partial charge in [0.1, 0.15) is 6.04 Å². The van der Waals surface area contributed by atoms with Gasteiger partial charge in [-0.1, -0.05) is 81.8 Å². The monoisotopic (exact) mass is 436 g/mol. The zero-order valence-corrected chi connectivity index (χ0v) is 20.7. The number of hydrogen-bond donors (Lipinski definition) is 1. The molecule has 4 nitrogen and oxygen atoms in total. The van der Waals surface area contributed by atoms with Crippen LogP contribution < -0.4 is 5.32 Å². The normalized spacial score (nSPS) is 13.0. The second-order valence-corrected chi connectivity index (χ2v) is 9.15. The maximum Gasteiger partial charge on any atom is 0.243 e. The third kappa shape index (κ3) is 7.51. The Labute approximate surface area is 194 Å². The summed E-state index contributed by atoms with van der Waals surface area (Å²) in [6, 6.07) is 16.3. The van der Waals surface area contributed by atoms with Gasteiger partial charge in [-0.3, -0.25) is 9.59 Å². The number of rotatable bonds is 11. The van der Waals surface area contributed by atoms with E-state index in [9.17, 15) is 9.59 Å². The third-order valence-corrected chi connectivity index (χ3v) is 6.13. The SMILES string of the molecule is CC[C@@H](C)NC(=O)[C@H](CC)N(Cc1ccc(C)cc1)C(=O)CCc1ccc(C(C)C)cc1. The summed E-state index contributed by atoms with van der Waals surface area (Å²) in [7, 11) is 0. The first-order valence-corrected chi connectivity index (χ1v) is 12.0. The summed E-state index contributed by atoms with van der Waals surface area (Å²) in [4.78, 5) is 28.1. The van der Waals surface area contributed by atoms with Crippen LogP contribution in [-0.4, -0.2) is 28.8 Å². The number of nitrogens with zero attached hydrogens (tertiary/aromatic N) is 1. The summed E-state index contributed by atoms with van der Waals surface area (Å²) in [6.45, 7) is 12.9. The van der Waals surface area contributed by atoms with Gasteiger partial charge in [0.25, 0.3) is 0 Å². The van der Waals surface area contributed by atoms with Gasteiger partial charge in [0.15, 0.2) is 0 Å². The molecule has 2 amide bonds. The number of nitrogens with one attached hydrogen (secondary N) is 1. The summed E-state index contributed by atoms with van der Waals surface area (Å²) in [5.41, 5.74) is 4.67. The predicted molar refractivity (Wildman–Crippen MR) is 133 cm³/mol. The molecule has 2 aromatic carbocycles. The summed E-state index contributed by atoms with van der Waals surface area (Å²) in [5, 5.41) is 3.07. The Bertz CT molecular complexity index is 856. The van der Waals surface area contributed by atoms with Gasteiger partial charge in [-0.2, -0.15) is 0 Å². The molecule has 0 spiro atoms. The molecule has 0 aliphatic carbocycles. The molecule has 0 bridgehead atoms. The minimum Gasteiger partial charge on any atom is -0.352 e. The summed E-state index contributed by atoms with van der Waals surface area (Å²) in [6.07, 6.45) is 2.51. The number of hydrogen-bond acceptors (Lipinski definition) is 2. The van der Waals surface area contributed by atoms with Crippen molar-refractivity contribution in [2.24, 2.45) is 0 Å². The topological polar surface area (TPSA) is 49.4 Å². The van der Waals surface area contributed by atoms with Gasteiger partial charge < -0.3 is 10.2 Å². The van der Waals surface area contributed by atoms with E-state index in [1.165, 1.54) is 11.1 Å². The van der Waals surface area contributed by atoms with Crippen molar-refractivity contribution in [3.8, 4) is 0 Å². The molecule has 0 saturated heterocycles. The minimum absolute atomic E-state index is 0.0182. The van der Waals surface area contributed by atoms with Crippen LogP contribution in [0, 0.1) is 6.92 Å². The molecular weight excluding hydrogens is 396 g/mol. The number of carbonyl (C=O) groups excluding carboxylic acids is 2. The highest BCUT2D eigenvalue weighted by Gasteiger charge is 2.29. The Kier molecular flexibility index (Phi) is 9.96. The predicted octanol–water partition coefficient (Wildman–Crippen LogP) is 5.77. The number of carbonyl (C=O) groups is 2. The van der Waals surface area contributed by atoms with Gasteiger partial charge in [-0.05, 0) is 55.7 Å². The Hall–Kier alpha value is -2.62. The van der Waals surface area contributed by atoms with Crippen molar-refractivity contribution in [1.29, 1.82) is 0 Å². The smallest absolute Gasteiger partial charge is 0.243 e. The lowest BCUT2D eigenvalue weighted by atomic mass is 10.00. The summed E-state index contributed by atoms with van der Waals surface area (Å²) < 4.78 is 0. The molecule has 174 valence electrons. The van der Waals surface area contributed by atoms with Crippen LogP contribution in [0.2, 0.25) is 0 Å². The molecule has 2 aromatic rings. The minimum atomic E-state index is -0.471. The second-order valence-electron chi connectivity index (χ2n) is 9.15. The Morgan fingerprint density at radius 1 is 0.875 bits per heavy atom. The molecule has 0 heterocycles. The Balaban J connectivity index is 2.18. The van der Waals surface area contributed by atoms with Crippen LogP contribution in [0.5, 0.6) is 0 Å². The first-order valence-electron chi connectivity index (χ1n) is 12.0. The van der Waals surface area contributed by atoms with E-state index in [2.05, 4.69) is 55.6 Å². The number of benzene rings is 2. The van der Waals surface area contributed by atoms with Gasteiger partial charge in [0, 0.05) is 19.0 Å². The van der Waals surface area contributed by atoms with Crippen molar-refractivity contribution in [3.63, 3.8) is 0 Å². The highest BCUT2D eigenvalue weighted by molar-refractivity contribution is 5.87. The molecule has 4 heteroatoms. The molecule has 2 rings (SSSR count). The number of aryl methyl sites for hydroxylation is 2. The van der Waals surface area contributed by atoms with Crippen molar-refractivity contribution in [3.05, 3.63) is 70.8 Å². The first-order chi connectivity index (χ1) is 15.2. The van der Waals surface area contributed by atoms with Crippen LogP contribution in [0.25, 0.3) is 0 Å². The van der Waals surface area contributed by atoms with E-state index in [-0.39, 0.29) is 17.9 Å². The highest BCUT2D eigenvalue weighted by Crippen LogP contribution is 2.18. The van der Waals surface area contributed by atoms with E-state index in [1.54, 1.807) is 4.90 Å². The molecule has 0 aliphatic rings. The maximum atomic E-state index is 13.4. The van der Waals surface area contributed by atoms with Crippen molar-refractivity contribution >= 4 is 11.8 Å². The molecular formula is C28H40N2O2. The van der Waals surface area contributed by atoms with Crippen molar-refractivity contribution in [1.82, 2.24) is 10.2 Å². The molecule has 0 radical (unpaired) electrons. The van der Waals surface area contributed by atoms with Crippen LogP contribution in [-0.2, 0) is 22.6 Å². The molecule has 0 unspecified atom stereocenters. The quantitative estimate of drug-likeness (QED) is 0.486. The third-order valence-electron chi connectivity index (χ3n) is 6.13. The zero-order chi connectivity index (χ0) is 23.7. The Morgan fingerprint density at radius 2 is 1.47 bits per heavy atom. The fourth-order valence-electron chi connectivity index (χ4n) is 3.71. The fourth-order valence-corrected chi connectivity index (χ4v) is 3.71. The standard InChI is InChI=1S/C28H40N2O2/c1-7-22(6)29-28(32)26(8-2)30(19-24-11-9-21(5)10-12-24)27(31)18-15-23-13-16-25(17-14-23)20(3)4/h9-14,16-17,20,22,26H,7-8,15,18-19H2,1-6H3,(H,29,32)/t22-,26+/m1/s1. The van der Waals surface area contributed by atoms with Gasteiger partial charge in [-0.15, -0.1) is 0 Å². The van der Waals surface area contributed by atoms with Gasteiger partial charge in [0.2, 0.25) is 11.8 Å². The van der Waals surface area contributed by atoms with E-state index in [0.717, 1.165) is 17.5 Å². The highest BCUT2D eigenvalue weighted by atomic mass is 16.2. The fraction of sp³-hybridized carbons (Fsp3) is 0.500.